The first kappa shape index (κ1) is 41.9. The Labute approximate surface area is 337 Å². The monoisotopic (exact) mass is 809 g/mol. The second kappa shape index (κ2) is 17.8. The van der Waals surface area contributed by atoms with E-state index in [1.165, 1.54) is 23.0 Å². The summed E-state index contributed by atoms with van der Waals surface area (Å²) in [7, 11) is 0. The fraction of sp³-hybridized carbons (Fsp3) is 0.375. The molecule has 0 aliphatic rings. The Morgan fingerprint density at radius 1 is 1.05 bits per heavy atom. The maximum absolute atomic E-state index is 12.9. The number of aromatic nitrogens is 7. The fourth-order valence-corrected chi connectivity index (χ4v) is 6.31. The number of anilines is 2. The number of hydrogen-bond donors (Lipinski definition) is 7. The number of nitrogens with one attached hydrogen (secondary N) is 4. The molecule has 310 valence electrons. The molecule has 0 saturated carbocycles. The Bertz CT molecular complexity index is 2570. The maximum atomic E-state index is 12.9. The zero-order valence-corrected chi connectivity index (χ0v) is 33.1. The maximum Gasteiger partial charge on any atom is 0.345 e. The van der Waals surface area contributed by atoms with Gasteiger partial charge in [-0.15, -0.1) is 5.10 Å². The molecule has 19 nitrogen and oxygen atoms in total. The van der Waals surface area contributed by atoms with Gasteiger partial charge in [0.1, 0.15) is 5.75 Å². The van der Waals surface area contributed by atoms with Gasteiger partial charge < -0.3 is 41.1 Å². The van der Waals surface area contributed by atoms with Crippen LogP contribution in [-0.4, -0.2) is 87.4 Å². The largest absolute Gasteiger partial charge is 0.508 e. The molecule has 0 bridgehead atoms. The highest BCUT2D eigenvalue weighted by atomic mass is 16.5. The number of amides is 2. The second-order valence-electron chi connectivity index (χ2n) is 15.4. The molecule has 1 unspecified atom stereocenters. The molecule has 0 aliphatic carbocycles. The van der Waals surface area contributed by atoms with Crippen LogP contribution in [0.4, 0.5) is 11.6 Å². The van der Waals surface area contributed by atoms with E-state index in [4.69, 9.17) is 14.9 Å². The first-order valence-electron chi connectivity index (χ1n) is 19.0. The number of H-pyrrole nitrogens is 1. The quantitative estimate of drug-likeness (QED) is 0.0657. The van der Waals surface area contributed by atoms with Crippen molar-refractivity contribution in [1.29, 1.82) is 0 Å². The molecular weight excluding hydrogens is 763 g/mol. The van der Waals surface area contributed by atoms with E-state index >= 15 is 0 Å². The number of carbonyl (C=O) groups is 2. The molecule has 2 aromatic carbocycles. The minimum atomic E-state index is -0.627. The molecular formula is C40H47N11O8. The van der Waals surface area contributed by atoms with Gasteiger partial charge in [-0.05, 0) is 88.7 Å². The number of benzene rings is 2. The predicted octanol–water partition coefficient (Wildman–Crippen LogP) is 2.88. The van der Waals surface area contributed by atoms with Gasteiger partial charge in [0.05, 0.1) is 54.0 Å². The molecule has 0 fully saturated rings. The van der Waals surface area contributed by atoms with Crippen LogP contribution in [0.1, 0.15) is 75.1 Å². The minimum absolute atomic E-state index is 0.0315. The number of hydrogen-bond acceptors (Lipinski definition) is 15. The van der Waals surface area contributed by atoms with Crippen molar-refractivity contribution in [3.8, 4) is 11.6 Å². The smallest absolute Gasteiger partial charge is 0.345 e. The lowest BCUT2D eigenvalue weighted by atomic mass is 9.99. The fourth-order valence-electron chi connectivity index (χ4n) is 6.31. The summed E-state index contributed by atoms with van der Waals surface area (Å²) < 4.78 is 13.0. The van der Waals surface area contributed by atoms with Crippen molar-refractivity contribution in [2.45, 2.75) is 83.5 Å². The summed E-state index contributed by atoms with van der Waals surface area (Å²) in [6, 6.07) is 12.3. The molecule has 2 amide bonds. The van der Waals surface area contributed by atoms with E-state index in [9.17, 15) is 29.4 Å². The van der Waals surface area contributed by atoms with Crippen LogP contribution in [-0.2, 0) is 22.5 Å². The van der Waals surface area contributed by atoms with Gasteiger partial charge in [0.15, 0.2) is 11.2 Å². The molecule has 0 aliphatic heterocycles. The Hall–Kier alpha value is -6.73. The highest BCUT2D eigenvalue weighted by molar-refractivity contribution is 5.94. The number of aliphatic hydroxyl groups excluding tert-OH is 1. The summed E-state index contributed by atoms with van der Waals surface area (Å²) in [5, 5.41) is 37.9. The van der Waals surface area contributed by atoms with E-state index in [-0.39, 0.29) is 65.5 Å². The lowest BCUT2D eigenvalue weighted by molar-refractivity contribution is -0.123. The molecule has 6 rings (SSSR count). The number of aromatic amines is 1. The third-order valence-electron chi connectivity index (χ3n) is 9.42. The Morgan fingerprint density at radius 2 is 1.83 bits per heavy atom. The topological polar surface area (TPSA) is 278 Å². The van der Waals surface area contributed by atoms with Gasteiger partial charge in [0.2, 0.25) is 17.7 Å². The highest BCUT2D eigenvalue weighted by Gasteiger charge is 2.26. The van der Waals surface area contributed by atoms with Gasteiger partial charge in [-0.25, -0.2) is 14.8 Å². The van der Waals surface area contributed by atoms with Crippen molar-refractivity contribution in [2.75, 3.05) is 24.3 Å². The molecule has 19 heteroatoms. The highest BCUT2D eigenvalue weighted by Crippen LogP contribution is 2.22. The van der Waals surface area contributed by atoms with E-state index < -0.39 is 28.4 Å². The zero-order chi connectivity index (χ0) is 42.3. The lowest BCUT2D eigenvalue weighted by Crippen LogP contribution is -2.45. The summed E-state index contributed by atoms with van der Waals surface area (Å²) in [5.74, 6) is -0.398. The Balaban J connectivity index is 0.895. The molecule has 1 atom stereocenters. The third-order valence-corrected chi connectivity index (χ3v) is 9.42. The van der Waals surface area contributed by atoms with Crippen LogP contribution in [0, 0.1) is 0 Å². The molecule has 0 spiro atoms. The Morgan fingerprint density at radius 3 is 2.59 bits per heavy atom. The van der Waals surface area contributed by atoms with Crippen LogP contribution in [0.2, 0.25) is 0 Å². The Kier molecular flexibility index (Phi) is 12.7. The zero-order valence-electron chi connectivity index (χ0n) is 33.1. The number of nitrogens with two attached hydrogens (primary N) is 1. The first-order valence-corrected chi connectivity index (χ1v) is 19.0. The van der Waals surface area contributed by atoms with Crippen molar-refractivity contribution in [1.82, 2.24) is 45.6 Å². The number of fused-ring (bicyclic) bond motifs is 2. The predicted molar refractivity (Wildman–Crippen MR) is 218 cm³/mol. The number of ether oxygens (including phenoxy) is 1. The first-order chi connectivity index (χ1) is 28.1. The molecule has 4 heterocycles. The number of aliphatic hydroxyl groups is 1. The average molecular weight is 810 g/mol. The van der Waals surface area contributed by atoms with Crippen LogP contribution in [0.5, 0.6) is 5.75 Å². The number of phenolic OH excluding ortho intramolecular Hbond substituents is 1. The molecule has 0 radical (unpaired) electrons. The summed E-state index contributed by atoms with van der Waals surface area (Å²) in [6.45, 7) is 8.01. The summed E-state index contributed by atoms with van der Waals surface area (Å²) >= 11 is 0. The number of aromatic hydroxyl groups is 1. The van der Waals surface area contributed by atoms with Gasteiger partial charge in [-0.1, -0.05) is 11.3 Å². The van der Waals surface area contributed by atoms with Crippen molar-refractivity contribution < 1.29 is 29.0 Å². The standard InChI is InChI=1S/C40H47N11O8/c1-39(2,14-15-58-40(3,4)18-27-21-51(50-49-27)32-16-24-10-13-29(53)17-30(24)37(57)59-32)48-31(54)7-5-6-26(22-52)45-35(55)23-8-11-25(12-9-23)42-19-28-20-43-34-33(44-28)36(56)47-38(41)46-34/h8-13,16-17,20-21,26,42,52-53H,5-7,14-15,18-19,22H2,1-4H3,(H,45,55)(H,48,54)(H3,41,43,46,47,56). The third kappa shape index (κ3) is 11.2. The van der Waals surface area contributed by atoms with Crippen molar-refractivity contribution in [2.24, 2.45) is 0 Å². The second-order valence-corrected chi connectivity index (χ2v) is 15.4. The summed E-state index contributed by atoms with van der Waals surface area (Å²) in [6.07, 6.45) is 5.15. The van der Waals surface area contributed by atoms with Gasteiger partial charge in [-0.2, -0.15) is 9.67 Å². The van der Waals surface area contributed by atoms with E-state index in [1.54, 1.807) is 42.6 Å². The van der Waals surface area contributed by atoms with Crippen LogP contribution in [0.15, 0.2) is 74.9 Å². The molecule has 6 aromatic rings. The van der Waals surface area contributed by atoms with Gasteiger partial charge in [0, 0.05) is 42.3 Å². The number of nitrogen functional groups attached to an aromatic ring is 1. The molecule has 59 heavy (non-hydrogen) atoms. The van der Waals surface area contributed by atoms with Gasteiger partial charge in [-0.3, -0.25) is 19.4 Å². The van der Waals surface area contributed by atoms with E-state index in [2.05, 4.69) is 46.2 Å². The summed E-state index contributed by atoms with van der Waals surface area (Å²) in [4.78, 5) is 65.2. The minimum Gasteiger partial charge on any atom is -0.508 e. The van der Waals surface area contributed by atoms with Crippen LogP contribution in [0.3, 0.4) is 0 Å². The SMILES string of the molecule is CC(C)(CCOC(C)(C)Cc1cn(-c2cc3ccc(O)cc3c(=O)o2)nn1)NC(=O)CCCC(CO)NC(=O)c1ccc(NCc2cnc3nc(N)[nH]c(=O)c3n2)cc1. The van der Waals surface area contributed by atoms with E-state index in [0.717, 1.165) is 0 Å². The molecule has 4 aromatic heterocycles. The number of nitrogens with zero attached hydrogens (tertiary/aromatic N) is 6. The number of phenols is 1. The van der Waals surface area contributed by atoms with Gasteiger partial charge in [0.25, 0.3) is 11.5 Å². The van der Waals surface area contributed by atoms with E-state index in [0.29, 0.717) is 60.3 Å². The van der Waals surface area contributed by atoms with Crippen LogP contribution >= 0.6 is 0 Å². The normalized spacial score (nSPS) is 12.4. The average Bonchev–Trinajstić information content (AvgIpc) is 3.64. The number of carbonyl (C=O) groups excluding carboxylic acids is 2. The van der Waals surface area contributed by atoms with Crippen LogP contribution < -0.4 is 32.9 Å². The van der Waals surface area contributed by atoms with Crippen molar-refractivity contribution >= 4 is 45.4 Å². The van der Waals surface area contributed by atoms with Crippen molar-refractivity contribution in [3.05, 3.63) is 98.6 Å². The molecule has 0 saturated heterocycles. The lowest BCUT2D eigenvalue weighted by Gasteiger charge is -2.30. The van der Waals surface area contributed by atoms with Crippen LogP contribution in [0.25, 0.3) is 27.8 Å². The number of rotatable bonds is 18. The molecule has 8 N–H and O–H groups in total. The summed E-state index contributed by atoms with van der Waals surface area (Å²) in [5.41, 5.74) is 5.73. The van der Waals surface area contributed by atoms with E-state index in [1.807, 2.05) is 27.7 Å². The van der Waals surface area contributed by atoms with Crippen molar-refractivity contribution in [3.63, 3.8) is 0 Å². The van der Waals surface area contributed by atoms with Gasteiger partial charge >= 0.3 is 5.63 Å².